The summed E-state index contributed by atoms with van der Waals surface area (Å²) in [6, 6.07) is 13.5. The third kappa shape index (κ3) is 7.61. The van der Waals surface area contributed by atoms with Crippen LogP contribution < -0.4 is 25.4 Å². The third-order valence-electron chi connectivity index (χ3n) is 4.80. The molecule has 0 aromatic heterocycles. The number of aliphatic imine (C=N–C) groups is 1. The highest BCUT2D eigenvalue weighted by Crippen LogP contribution is 2.25. The van der Waals surface area contributed by atoms with E-state index >= 15 is 0 Å². The van der Waals surface area contributed by atoms with E-state index in [1.54, 1.807) is 25.3 Å². The summed E-state index contributed by atoms with van der Waals surface area (Å²) in [6.45, 7) is 5.34. The Hall–Kier alpha value is -2.49. The zero-order valence-corrected chi connectivity index (χ0v) is 20.4. The summed E-state index contributed by atoms with van der Waals surface area (Å²) in [7, 11) is 1.58. The number of carbonyl (C=O) groups is 1. The predicted molar refractivity (Wildman–Crippen MR) is 134 cm³/mol. The number of carbonyl (C=O) groups excluding carboxylic acids is 1. The second kappa shape index (κ2) is 13.0. The molecule has 0 saturated heterocycles. The first-order chi connectivity index (χ1) is 14.7. The van der Waals surface area contributed by atoms with E-state index in [-0.39, 0.29) is 29.9 Å². The van der Waals surface area contributed by atoms with E-state index in [0.717, 1.165) is 37.7 Å². The molecule has 0 radical (unpaired) electrons. The van der Waals surface area contributed by atoms with Gasteiger partial charge in [-0.05, 0) is 48.7 Å². The number of ether oxygens (including phenoxy) is 2. The monoisotopic (exact) mass is 538 g/mol. The number of benzene rings is 2. The number of nitrogens with zero attached hydrogens (tertiary/aromatic N) is 1. The zero-order chi connectivity index (χ0) is 21.2. The van der Waals surface area contributed by atoms with Crippen molar-refractivity contribution in [2.75, 3.05) is 39.9 Å². The summed E-state index contributed by atoms with van der Waals surface area (Å²) in [6.07, 6.45) is 1.86. The quantitative estimate of drug-likeness (QED) is 0.198. The van der Waals surface area contributed by atoms with E-state index in [1.807, 2.05) is 13.0 Å². The number of hydrogen-bond donors (Lipinski definition) is 3. The second-order valence-corrected chi connectivity index (χ2v) is 6.97. The van der Waals surface area contributed by atoms with Crippen LogP contribution in [0.1, 0.15) is 28.4 Å². The van der Waals surface area contributed by atoms with Gasteiger partial charge in [-0.2, -0.15) is 0 Å². The molecule has 2 aromatic rings. The normalized spacial score (nSPS) is 12.3. The van der Waals surface area contributed by atoms with Gasteiger partial charge >= 0.3 is 0 Å². The molecular formula is C23H31IN4O3. The van der Waals surface area contributed by atoms with Crippen molar-refractivity contribution in [2.45, 2.75) is 19.8 Å². The van der Waals surface area contributed by atoms with Crippen LogP contribution in [0.3, 0.4) is 0 Å². The number of hydrogen-bond acceptors (Lipinski definition) is 4. The van der Waals surface area contributed by atoms with Crippen LogP contribution in [-0.2, 0) is 12.8 Å². The molecule has 0 unspecified atom stereocenters. The van der Waals surface area contributed by atoms with E-state index in [1.165, 1.54) is 11.1 Å². The van der Waals surface area contributed by atoms with Crippen LogP contribution in [0, 0.1) is 0 Å². The SMILES string of the molecule is CCNC(=NCCc1ccc2c(c1)CCO2)NCCNC(=O)c1cccc(OC)c1.I. The smallest absolute Gasteiger partial charge is 0.251 e. The molecule has 0 aliphatic carbocycles. The Balaban J connectivity index is 0.00000341. The van der Waals surface area contributed by atoms with Gasteiger partial charge in [0.15, 0.2) is 5.96 Å². The summed E-state index contributed by atoms with van der Waals surface area (Å²) in [5.41, 5.74) is 3.13. The first-order valence-electron chi connectivity index (χ1n) is 10.4. The molecule has 3 rings (SSSR count). The summed E-state index contributed by atoms with van der Waals surface area (Å²) in [5, 5.41) is 9.39. The van der Waals surface area contributed by atoms with Gasteiger partial charge in [-0.25, -0.2) is 0 Å². The van der Waals surface area contributed by atoms with E-state index in [4.69, 9.17) is 9.47 Å². The number of rotatable bonds is 9. The van der Waals surface area contributed by atoms with Gasteiger partial charge in [-0.3, -0.25) is 9.79 Å². The minimum Gasteiger partial charge on any atom is -0.497 e. The van der Waals surface area contributed by atoms with Crippen LogP contribution in [-0.4, -0.2) is 51.8 Å². The molecule has 1 amide bonds. The lowest BCUT2D eigenvalue weighted by molar-refractivity contribution is 0.0954. The minimum absolute atomic E-state index is 0. The van der Waals surface area contributed by atoms with Crippen molar-refractivity contribution in [3.63, 3.8) is 0 Å². The van der Waals surface area contributed by atoms with Crippen molar-refractivity contribution < 1.29 is 14.3 Å². The van der Waals surface area contributed by atoms with Gasteiger partial charge < -0.3 is 25.4 Å². The maximum Gasteiger partial charge on any atom is 0.251 e. The molecule has 1 aliphatic rings. The molecule has 8 heteroatoms. The van der Waals surface area contributed by atoms with E-state index in [9.17, 15) is 4.79 Å². The number of amides is 1. The van der Waals surface area contributed by atoms with Crippen LogP contribution in [0.15, 0.2) is 47.5 Å². The first kappa shape index (κ1) is 24.8. The zero-order valence-electron chi connectivity index (χ0n) is 18.1. The van der Waals surface area contributed by atoms with Crippen molar-refractivity contribution in [3.05, 3.63) is 59.2 Å². The molecule has 3 N–H and O–H groups in total. The Morgan fingerprint density at radius 1 is 1.13 bits per heavy atom. The van der Waals surface area contributed by atoms with E-state index in [2.05, 4.69) is 39.1 Å². The lowest BCUT2D eigenvalue weighted by atomic mass is 10.1. The fourth-order valence-corrected chi connectivity index (χ4v) is 3.26. The van der Waals surface area contributed by atoms with Gasteiger partial charge in [0, 0.05) is 38.2 Å². The van der Waals surface area contributed by atoms with E-state index < -0.39 is 0 Å². The molecular weight excluding hydrogens is 507 g/mol. The molecule has 7 nitrogen and oxygen atoms in total. The van der Waals surface area contributed by atoms with Gasteiger partial charge in [0.25, 0.3) is 5.91 Å². The molecule has 0 fully saturated rings. The first-order valence-corrected chi connectivity index (χ1v) is 10.4. The van der Waals surface area contributed by atoms with Crippen molar-refractivity contribution in [2.24, 2.45) is 4.99 Å². The van der Waals surface area contributed by atoms with E-state index in [0.29, 0.717) is 30.9 Å². The Kier molecular flexibility index (Phi) is 10.4. The fourth-order valence-electron chi connectivity index (χ4n) is 3.26. The van der Waals surface area contributed by atoms with Crippen molar-refractivity contribution in [3.8, 4) is 11.5 Å². The van der Waals surface area contributed by atoms with Crippen LogP contribution in [0.25, 0.3) is 0 Å². The molecule has 0 spiro atoms. The van der Waals surface area contributed by atoms with Crippen LogP contribution in [0.4, 0.5) is 0 Å². The van der Waals surface area contributed by atoms with Crippen LogP contribution in [0.5, 0.6) is 11.5 Å². The van der Waals surface area contributed by atoms with Gasteiger partial charge in [0.2, 0.25) is 0 Å². The summed E-state index contributed by atoms with van der Waals surface area (Å²) >= 11 is 0. The van der Waals surface area contributed by atoms with Gasteiger partial charge in [-0.15, -0.1) is 24.0 Å². The number of nitrogens with one attached hydrogen (secondary N) is 3. The molecule has 0 saturated carbocycles. The second-order valence-electron chi connectivity index (χ2n) is 6.97. The highest BCUT2D eigenvalue weighted by atomic mass is 127. The topological polar surface area (TPSA) is 84.0 Å². The number of guanidine groups is 1. The summed E-state index contributed by atoms with van der Waals surface area (Å²) < 4.78 is 10.7. The average molecular weight is 538 g/mol. The molecule has 0 atom stereocenters. The summed E-state index contributed by atoms with van der Waals surface area (Å²) in [4.78, 5) is 16.9. The van der Waals surface area contributed by atoms with Crippen molar-refractivity contribution in [1.29, 1.82) is 0 Å². The number of fused-ring (bicyclic) bond motifs is 1. The number of methoxy groups -OCH3 is 1. The average Bonchev–Trinajstić information content (AvgIpc) is 3.24. The Bertz CT molecular complexity index is 889. The maximum atomic E-state index is 12.2. The standard InChI is InChI=1S/C23H30N4O3.HI/c1-3-24-23(26-11-9-17-7-8-21-18(15-17)10-14-30-21)27-13-12-25-22(28)19-5-4-6-20(16-19)29-2;/h4-8,15-16H,3,9-14H2,1-2H3,(H,25,28)(H2,24,26,27);1H. The van der Waals surface area contributed by atoms with Crippen LogP contribution >= 0.6 is 24.0 Å². The van der Waals surface area contributed by atoms with Crippen LogP contribution in [0.2, 0.25) is 0 Å². The molecule has 1 heterocycles. The molecule has 168 valence electrons. The molecule has 1 aliphatic heterocycles. The lowest BCUT2D eigenvalue weighted by Gasteiger charge is -2.12. The van der Waals surface area contributed by atoms with Gasteiger partial charge in [-0.1, -0.05) is 18.2 Å². The highest BCUT2D eigenvalue weighted by molar-refractivity contribution is 14.0. The summed E-state index contributed by atoms with van der Waals surface area (Å²) in [5.74, 6) is 2.29. The Morgan fingerprint density at radius 3 is 2.77 bits per heavy atom. The van der Waals surface area contributed by atoms with Gasteiger partial charge in [0.1, 0.15) is 11.5 Å². The lowest BCUT2D eigenvalue weighted by Crippen LogP contribution is -2.41. The predicted octanol–water partition coefficient (Wildman–Crippen LogP) is 2.78. The van der Waals surface area contributed by atoms with Crippen molar-refractivity contribution >= 4 is 35.8 Å². The largest absolute Gasteiger partial charge is 0.497 e. The third-order valence-corrected chi connectivity index (χ3v) is 4.80. The maximum absolute atomic E-state index is 12.2. The molecule has 31 heavy (non-hydrogen) atoms. The fraction of sp³-hybridized carbons (Fsp3) is 0.391. The number of halogens is 1. The van der Waals surface area contributed by atoms with Gasteiger partial charge in [0.05, 0.1) is 13.7 Å². The molecule has 0 bridgehead atoms. The van der Waals surface area contributed by atoms with Crippen molar-refractivity contribution in [1.82, 2.24) is 16.0 Å². The Labute approximate surface area is 201 Å². The highest BCUT2D eigenvalue weighted by Gasteiger charge is 2.11. The minimum atomic E-state index is -0.127. The Morgan fingerprint density at radius 2 is 1.97 bits per heavy atom. The molecule has 2 aromatic carbocycles.